The fourth-order valence-corrected chi connectivity index (χ4v) is 5.27. The van der Waals surface area contributed by atoms with Crippen molar-refractivity contribution >= 4 is 30.3 Å². The molecule has 1 aliphatic heterocycles. The van der Waals surface area contributed by atoms with Gasteiger partial charge in [-0.25, -0.2) is 9.59 Å². The van der Waals surface area contributed by atoms with E-state index < -0.39 is 36.0 Å². The molecule has 1 heterocycles. The first kappa shape index (κ1) is 28.9. The standard InChI is InChI=1S/C33H38BNO6/c1-20-26(29(36)39-31(2,3)4)17-21(34-40-32(5,6)33(7,8)41-34)18-28(20)35-30(37)38-19-27-24-15-11-9-13-22(24)23-14-10-12-16-25(23)27/h9-18,27H,19H2,1-8H3,(H,35,37). The van der Waals surface area contributed by atoms with Crippen molar-refractivity contribution in [2.45, 2.75) is 78.1 Å². The average molecular weight is 555 g/mol. The summed E-state index contributed by atoms with van der Waals surface area (Å²) >= 11 is 0. The first-order valence-electron chi connectivity index (χ1n) is 14.0. The number of carbonyl (C=O) groups is 2. The summed E-state index contributed by atoms with van der Waals surface area (Å²) in [5.41, 5.74) is 4.65. The van der Waals surface area contributed by atoms with Crippen LogP contribution in [0.4, 0.5) is 10.5 Å². The zero-order valence-corrected chi connectivity index (χ0v) is 25.1. The Morgan fingerprint density at radius 1 is 0.902 bits per heavy atom. The van der Waals surface area contributed by atoms with Gasteiger partial charge in [-0.2, -0.15) is 0 Å². The lowest BCUT2D eigenvalue weighted by atomic mass is 9.77. The van der Waals surface area contributed by atoms with Gasteiger partial charge in [0, 0.05) is 11.6 Å². The van der Waals surface area contributed by atoms with Crippen molar-refractivity contribution in [1.82, 2.24) is 0 Å². The molecule has 0 saturated carbocycles. The SMILES string of the molecule is Cc1c(NC(=O)OCC2c3ccccc3-c3ccccc32)cc(B2OC(C)(C)C(C)(C)O2)cc1C(=O)OC(C)(C)C. The lowest BCUT2D eigenvalue weighted by Gasteiger charge is -2.32. The van der Waals surface area contributed by atoms with Gasteiger partial charge in [-0.1, -0.05) is 48.5 Å². The Labute approximate surface area is 242 Å². The van der Waals surface area contributed by atoms with Crippen LogP contribution in [-0.4, -0.2) is 42.6 Å². The van der Waals surface area contributed by atoms with Crippen LogP contribution in [0.2, 0.25) is 0 Å². The Morgan fingerprint density at radius 3 is 1.98 bits per heavy atom. The van der Waals surface area contributed by atoms with Crippen LogP contribution in [0.1, 0.15) is 81.4 Å². The zero-order chi connectivity index (χ0) is 29.7. The first-order valence-corrected chi connectivity index (χ1v) is 14.0. The van der Waals surface area contributed by atoms with Crippen LogP contribution in [0, 0.1) is 6.92 Å². The number of esters is 1. The number of carbonyl (C=O) groups excluding carboxylic acids is 2. The number of benzene rings is 3. The third kappa shape index (κ3) is 5.63. The molecule has 1 saturated heterocycles. The number of anilines is 1. The van der Waals surface area contributed by atoms with E-state index in [1.54, 1.807) is 19.1 Å². The first-order chi connectivity index (χ1) is 19.2. The minimum Gasteiger partial charge on any atom is -0.456 e. The summed E-state index contributed by atoms with van der Waals surface area (Å²) in [5.74, 6) is -0.563. The molecule has 0 radical (unpaired) electrons. The molecule has 0 unspecified atom stereocenters. The maximum atomic E-state index is 13.2. The Balaban J connectivity index is 1.41. The second kappa shape index (κ2) is 10.3. The van der Waals surface area contributed by atoms with E-state index in [0.29, 0.717) is 22.3 Å². The monoisotopic (exact) mass is 555 g/mol. The van der Waals surface area contributed by atoms with E-state index in [-0.39, 0.29) is 12.5 Å². The van der Waals surface area contributed by atoms with Crippen molar-refractivity contribution in [3.63, 3.8) is 0 Å². The maximum Gasteiger partial charge on any atom is 0.494 e. The highest BCUT2D eigenvalue weighted by Crippen LogP contribution is 2.44. The number of amides is 1. The molecule has 3 aromatic carbocycles. The van der Waals surface area contributed by atoms with E-state index in [4.69, 9.17) is 18.8 Å². The van der Waals surface area contributed by atoms with Crippen LogP contribution in [0.3, 0.4) is 0 Å². The largest absolute Gasteiger partial charge is 0.494 e. The predicted octanol–water partition coefficient (Wildman–Crippen LogP) is 6.61. The minimum atomic E-state index is -0.732. The van der Waals surface area contributed by atoms with Gasteiger partial charge in [-0.05, 0) is 101 Å². The number of fused-ring (bicyclic) bond motifs is 3. The Kier molecular flexibility index (Phi) is 7.29. The van der Waals surface area contributed by atoms with Crippen LogP contribution in [0.25, 0.3) is 11.1 Å². The molecule has 2 aliphatic rings. The summed E-state index contributed by atoms with van der Waals surface area (Å²) in [5, 5.41) is 2.87. The summed E-state index contributed by atoms with van der Waals surface area (Å²) in [4.78, 5) is 26.4. The molecule has 0 atom stereocenters. The number of hydrogen-bond acceptors (Lipinski definition) is 6. The van der Waals surface area contributed by atoms with Crippen molar-refractivity contribution in [2.75, 3.05) is 11.9 Å². The molecule has 5 rings (SSSR count). The molecule has 0 aromatic heterocycles. The van der Waals surface area contributed by atoms with Crippen molar-refractivity contribution in [2.24, 2.45) is 0 Å². The van der Waals surface area contributed by atoms with Crippen LogP contribution >= 0.6 is 0 Å². The molecule has 1 N–H and O–H groups in total. The fourth-order valence-electron chi connectivity index (χ4n) is 5.27. The molecule has 1 aliphatic carbocycles. The summed E-state index contributed by atoms with van der Waals surface area (Å²) in [6.07, 6.45) is -0.615. The number of hydrogen-bond donors (Lipinski definition) is 1. The quantitative estimate of drug-likeness (QED) is 0.282. The van der Waals surface area contributed by atoms with Gasteiger partial charge in [0.1, 0.15) is 12.2 Å². The van der Waals surface area contributed by atoms with Crippen molar-refractivity contribution < 1.29 is 28.4 Å². The smallest absolute Gasteiger partial charge is 0.456 e. The maximum absolute atomic E-state index is 13.2. The molecule has 3 aromatic rings. The zero-order valence-electron chi connectivity index (χ0n) is 25.1. The molecular formula is C33H38BNO6. The molecule has 8 heteroatoms. The molecule has 41 heavy (non-hydrogen) atoms. The highest BCUT2D eigenvalue weighted by atomic mass is 16.7. The lowest BCUT2D eigenvalue weighted by molar-refractivity contribution is 0.00578. The van der Waals surface area contributed by atoms with Gasteiger partial charge in [-0.15, -0.1) is 0 Å². The lowest BCUT2D eigenvalue weighted by Crippen LogP contribution is -2.41. The summed E-state index contributed by atoms with van der Waals surface area (Å²) in [6, 6.07) is 19.9. The predicted molar refractivity (Wildman–Crippen MR) is 161 cm³/mol. The van der Waals surface area contributed by atoms with Gasteiger partial charge < -0.3 is 18.8 Å². The van der Waals surface area contributed by atoms with E-state index in [1.807, 2.05) is 72.7 Å². The molecule has 214 valence electrons. The van der Waals surface area contributed by atoms with Gasteiger partial charge in [0.25, 0.3) is 0 Å². The highest BCUT2D eigenvalue weighted by Gasteiger charge is 2.52. The van der Waals surface area contributed by atoms with E-state index >= 15 is 0 Å². The third-order valence-electron chi connectivity index (χ3n) is 8.15. The van der Waals surface area contributed by atoms with Gasteiger partial charge in [0.2, 0.25) is 0 Å². The average Bonchev–Trinajstić information content (AvgIpc) is 3.32. The topological polar surface area (TPSA) is 83.1 Å². The molecule has 1 amide bonds. The normalized spacial score (nSPS) is 17.1. The van der Waals surface area contributed by atoms with Crippen molar-refractivity contribution in [3.8, 4) is 11.1 Å². The number of rotatable bonds is 5. The van der Waals surface area contributed by atoms with Gasteiger partial charge in [0.05, 0.1) is 16.8 Å². The van der Waals surface area contributed by atoms with Crippen LogP contribution in [0.5, 0.6) is 0 Å². The van der Waals surface area contributed by atoms with Crippen molar-refractivity contribution in [3.05, 3.63) is 82.9 Å². The Bertz CT molecular complexity index is 1440. The summed E-state index contributed by atoms with van der Waals surface area (Å²) in [7, 11) is -0.732. The number of nitrogens with one attached hydrogen (secondary N) is 1. The van der Waals surface area contributed by atoms with Crippen LogP contribution in [-0.2, 0) is 18.8 Å². The second-order valence-corrected chi connectivity index (χ2v) is 12.8. The third-order valence-corrected chi connectivity index (χ3v) is 8.15. The molecular weight excluding hydrogens is 517 g/mol. The van der Waals surface area contributed by atoms with Crippen LogP contribution in [0.15, 0.2) is 60.7 Å². The van der Waals surface area contributed by atoms with E-state index in [0.717, 1.165) is 22.3 Å². The Morgan fingerprint density at radius 2 is 1.44 bits per heavy atom. The minimum absolute atomic E-state index is 0.0670. The second-order valence-electron chi connectivity index (χ2n) is 12.8. The molecule has 0 spiro atoms. The van der Waals surface area contributed by atoms with Gasteiger partial charge in [-0.3, -0.25) is 5.32 Å². The highest BCUT2D eigenvalue weighted by molar-refractivity contribution is 6.62. The molecule has 0 bridgehead atoms. The summed E-state index contributed by atoms with van der Waals surface area (Å²) < 4.78 is 24.0. The van der Waals surface area contributed by atoms with Gasteiger partial charge >= 0.3 is 19.2 Å². The number of ether oxygens (including phenoxy) is 2. The Hall–Kier alpha value is -3.62. The van der Waals surface area contributed by atoms with Crippen molar-refractivity contribution in [1.29, 1.82) is 0 Å². The molecule has 1 fully saturated rings. The van der Waals surface area contributed by atoms with Crippen LogP contribution < -0.4 is 10.8 Å². The summed E-state index contributed by atoms with van der Waals surface area (Å²) in [6.45, 7) is 15.2. The fraction of sp³-hybridized carbons (Fsp3) is 0.394. The van der Waals surface area contributed by atoms with E-state index in [2.05, 4.69) is 29.6 Å². The molecule has 7 nitrogen and oxygen atoms in total. The van der Waals surface area contributed by atoms with E-state index in [9.17, 15) is 9.59 Å². The van der Waals surface area contributed by atoms with Gasteiger partial charge in [0.15, 0.2) is 0 Å². The van der Waals surface area contributed by atoms with E-state index in [1.165, 1.54) is 0 Å².